The summed E-state index contributed by atoms with van der Waals surface area (Å²) in [6.45, 7) is 0. The van der Waals surface area contributed by atoms with Gasteiger partial charge in [0.05, 0.1) is 6.10 Å². The number of hydrogen-bond acceptors (Lipinski definition) is 2. The minimum atomic E-state index is -0.0347. The minimum absolute atomic E-state index is 0.0347. The van der Waals surface area contributed by atoms with Gasteiger partial charge in [-0.25, -0.2) is 0 Å². The molecule has 9 heavy (non-hydrogen) atoms. The van der Waals surface area contributed by atoms with E-state index in [-0.39, 0.29) is 6.10 Å². The molecule has 54 valence electrons. The predicted octanol–water partition coefficient (Wildman–Crippen LogP) is 1.51. The number of hydrogen-bond donors (Lipinski definition) is 1. The first kappa shape index (κ1) is 7.42. The molecular weight excluding hydrogens is 132 g/mol. The fourth-order valence-electron chi connectivity index (χ4n) is 0.999. The van der Waals surface area contributed by atoms with Crippen LogP contribution in [0.3, 0.4) is 0 Å². The Balaban J connectivity index is 1.95. The van der Waals surface area contributed by atoms with E-state index < -0.39 is 0 Å². The fraction of sp³-hybridized carbons (Fsp3) is 1.00. The van der Waals surface area contributed by atoms with Crippen LogP contribution in [0.4, 0.5) is 0 Å². The maximum Gasteiger partial charge on any atom is 0.0633 e. The van der Waals surface area contributed by atoms with E-state index in [1.54, 1.807) is 11.8 Å². The SMILES string of the molecule is CSCC(O)CC1CC1. The first-order chi connectivity index (χ1) is 4.33. The summed E-state index contributed by atoms with van der Waals surface area (Å²) in [5.74, 6) is 1.78. The third-order valence-corrected chi connectivity index (χ3v) is 2.38. The molecule has 1 unspecified atom stereocenters. The summed E-state index contributed by atoms with van der Waals surface area (Å²) in [6.07, 6.45) is 5.75. The molecule has 0 aromatic rings. The van der Waals surface area contributed by atoms with Gasteiger partial charge in [0.15, 0.2) is 0 Å². The average Bonchev–Trinajstić information content (AvgIpc) is 2.50. The molecule has 1 aliphatic carbocycles. The van der Waals surface area contributed by atoms with Crippen LogP contribution in [0.25, 0.3) is 0 Å². The van der Waals surface area contributed by atoms with Gasteiger partial charge in [0.2, 0.25) is 0 Å². The zero-order valence-electron chi connectivity index (χ0n) is 5.84. The van der Waals surface area contributed by atoms with E-state index in [0.29, 0.717) is 0 Å². The van der Waals surface area contributed by atoms with Crippen LogP contribution in [0, 0.1) is 5.92 Å². The van der Waals surface area contributed by atoms with E-state index >= 15 is 0 Å². The molecule has 1 atom stereocenters. The predicted molar refractivity (Wildman–Crippen MR) is 41.7 cm³/mol. The van der Waals surface area contributed by atoms with Crippen LogP contribution in [0.15, 0.2) is 0 Å². The van der Waals surface area contributed by atoms with Crippen molar-refractivity contribution in [1.82, 2.24) is 0 Å². The summed E-state index contributed by atoms with van der Waals surface area (Å²) in [5.41, 5.74) is 0. The summed E-state index contributed by atoms with van der Waals surface area (Å²) < 4.78 is 0. The Kier molecular flexibility index (Phi) is 2.86. The highest BCUT2D eigenvalue weighted by atomic mass is 32.2. The molecule has 0 aliphatic heterocycles. The third-order valence-electron chi connectivity index (χ3n) is 1.66. The maximum absolute atomic E-state index is 9.24. The smallest absolute Gasteiger partial charge is 0.0633 e. The lowest BCUT2D eigenvalue weighted by Gasteiger charge is -2.05. The van der Waals surface area contributed by atoms with Crippen LogP contribution in [0.1, 0.15) is 19.3 Å². The van der Waals surface area contributed by atoms with Crippen LogP contribution in [-0.4, -0.2) is 23.2 Å². The summed E-state index contributed by atoms with van der Waals surface area (Å²) in [4.78, 5) is 0. The Morgan fingerprint density at radius 2 is 2.33 bits per heavy atom. The van der Waals surface area contributed by atoms with Gasteiger partial charge < -0.3 is 5.11 Å². The lowest BCUT2D eigenvalue weighted by molar-refractivity contribution is 0.182. The second-order valence-corrected chi connectivity index (χ2v) is 3.70. The lowest BCUT2D eigenvalue weighted by Crippen LogP contribution is -2.09. The molecule has 1 rings (SSSR count). The number of aliphatic hydroxyl groups excluding tert-OH is 1. The zero-order valence-corrected chi connectivity index (χ0v) is 6.66. The highest BCUT2D eigenvalue weighted by Gasteiger charge is 2.23. The fourth-order valence-corrected chi connectivity index (χ4v) is 1.52. The summed E-state index contributed by atoms with van der Waals surface area (Å²) in [5, 5.41) is 9.24. The van der Waals surface area contributed by atoms with Gasteiger partial charge in [-0.15, -0.1) is 0 Å². The van der Waals surface area contributed by atoms with Crippen LogP contribution in [0.2, 0.25) is 0 Å². The van der Waals surface area contributed by atoms with E-state index in [9.17, 15) is 5.11 Å². The molecule has 0 bridgehead atoms. The van der Waals surface area contributed by atoms with Gasteiger partial charge in [0.25, 0.3) is 0 Å². The summed E-state index contributed by atoms with van der Waals surface area (Å²) in [7, 11) is 0. The van der Waals surface area contributed by atoms with Crippen molar-refractivity contribution in [3.05, 3.63) is 0 Å². The largest absolute Gasteiger partial charge is 0.392 e. The van der Waals surface area contributed by atoms with E-state index in [1.807, 2.05) is 6.26 Å². The third kappa shape index (κ3) is 3.11. The Morgan fingerprint density at radius 3 is 2.78 bits per heavy atom. The van der Waals surface area contributed by atoms with Crippen molar-refractivity contribution in [2.24, 2.45) is 5.92 Å². The lowest BCUT2D eigenvalue weighted by atomic mass is 10.2. The van der Waals surface area contributed by atoms with Gasteiger partial charge in [-0.2, -0.15) is 11.8 Å². The van der Waals surface area contributed by atoms with Crippen molar-refractivity contribution < 1.29 is 5.11 Å². The molecule has 0 saturated heterocycles. The van der Waals surface area contributed by atoms with Gasteiger partial charge in [0, 0.05) is 5.75 Å². The standard InChI is InChI=1S/C7H14OS/c1-9-5-7(8)4-6-2-3-6/h6-8H,2-5H2,1H3. The normalized spacial score (nSPS) is 22.0. The molecule has 0 heterocycles. The summed E-state index contributed by atoms with van der Waals surface area (Å²) >= 11 is 1.73. The Labute approximate surface area is 60.8 Å². The van der Waals surface area contributed by atoms with E-state index in [2.05, 4.69) is 0 Å². The van der Waals surface area contributed by atoms with Crippen LogP contribution in [-0.2, 0) is 0 Å². The molecule has 0 aromatic heterocycles. The molecule has 0 aromatic carbocycles. The number of thioether (sulfide) groups is 1. The van der Waals surface area contributed by atoms with Gasteiger partial charge in [-0.05, 0) is 18.6 Å². The number of aliphatic hydroxyl groups is 1. The van der Waals surface area contributed by atoms with Gasteiger partial charge in [-0.3, -0.25) is 0 Å². The molecule has 2 heteroatoms. The minimum Gasteiger partial charge on any atom is -0.392 e. The molecule has 1 N–H and O–H groups in total. The number of rotatable bonds is 4. The molecule has 0 spiro atoms. The Hall–Kier alpha value is 0.310. The highest BCUT2D eigenvalue weighted by Crippen LogP contribution is 2.33. The van der Waals surface area contributed by atoms with Gasteiger partial charge in [0.1, 0.15) is 0 Å². The summed E-state index contributed by atoms with van der Waals surface area (Å²) in [6, 6.07) is 0. The zero-order chi connectivity index (χ0) is 6.69. The Morgan fingerprint density at radius 1 is 1.67 bits per heavy atom. The first-order valence-electron chi connectivity index (χ1n) is 3.50. The molecule has 0 amide bonds. The van der Waals surface area contributed by atoms with E-state index in [0.717, 1.165) is 18.1 Å². The van der Waals surface area contributed by atoms with Crippen molar-refractivity contribution in [2.75, 3.05) is 12.0 Å². The van der Waals surface area contributed by atoms with Crippen molar-refractivity contribution in [2.45, 2.75) is 25.4 Å². The first-order valence-corrected chi connectivity index (χ1v) is 4.89. The maximum atomic E-state index is 9.24. The average molecular weight is 146 g/mol. The van der Waals surface area contributed by atoms with Crippen molar-refractivity contribution in [1.29, 1.82) is 0 Å². The van der Waals surface area contributed by atoms with Gasteiger partial charge >= 0.3 is 0 Å². The van der Waals surface area contributed by atoms with Crippen LogP contribution >= 0.6 is 11.8 Å². The topological polar surface area (TPSA) is 20.2 Å². The monoisotopic (exact) mass is 146 g/mol. The molecule has 1 nitrogen and oxygen atoms in total. The van der Waals surface area contributed by atoms with Crippen molar-refractivity contribution in [3.8, 4) is 0 Å². The van der Waals surface area contributed by atoms with Crippen molar-refractivity contribution in [3.63, 3.8) is 0 Å². The van der Waals surface area contributed by atoms with Crippen LogP contribution < -0.4 is 0 Å². The highest BCUT2D eigenvalue weighted by molar-refractivity contribution is 7.98. The van der Waals surface area contributed by atoms with E-state index in [4.69, 9.17) is 0 Å². The molecule has 0 radical (unpaired) electrons. The van der Waals surface area contributed by atoms with Crippen LogP contribution in [0.5, 0.6) is 0 Å². The van der Waals surface area contributed by atoms with E-state index in [1.165, 1.54) is 12.8 Å². The second kappa shape index (κ2) is 3.47. The van der Waals surface area contributed by atoms with Crippen molar-refractivity contribution >= 4 is 11.8 Å². The molecule has 1 fully saturated rings. The Bertz CT molecular complexity index is 81.0. The second-order valence-electron chi connectivity index (χ2n) is 2.79. The van der Waals surface area contributed by atoms with Gasteiger partial charge in [-0.1, -0.05) is 12.8 Å². The molecule has 1 saturated carbocycles. The quantitative estimate of drug-likeness (QED) is 0.648. The molecular formula is C7H14OS. The molecule has 1 aliphatic rings.